The molecule has 0 aromatic heterocycles. The fraction of sp³-hybridized carbons (Fsp3) is 0.400. The number of hydrogen-bond donors (Lipinski definition) is 0. The van der Waals surface area contributed by atoms with E-state index in [4.69, 9.17) is 0 Å². The Morgan fingerprint density at radius 1 is 1.45 bits per heavy atom. The van der Waals surface area contributed by atoms with Crippen LogP contribution in [0.3, 0.4) is 0 Å². The Bertz CT molecular complexity index is 263. The molecule has 0 spiro atoms. The minimum Gasteiger partial charge on any atom is -0.463 e. The third-order valence-electron chi connectivity index (χ3n) is 0.665. The molecule has 0 aromatic carbocycles. The van der Waals surface area contributed by atoms with Gasteiger partial charge < -0.3 is 8.92 Å². The third kappa shape index (κ3) is 4.38. The minimum absolute atomic E-state index is 0.546. The van der Waals surface area contributed by atoms with Crippen LogP contribution >= 0.6 is 0 Å². The van der Waals surface area contributed by atoms with Gasteiger partial charge in [-0.15, -0.1) is 0 Å². The second-order valence-corrected chi connectivity index (χ2v) is 3.28. The van der Waals surface area contributed by atoms with Crippen LogP contribution in [0.25, 0.3) is 0 Å². The van der Waals surface area contributed by atoms with Gasteiger partial charge in [0.1, 0.15) is 0 Å². The zero-order chi connectivity index (χ0) is 9.07. The highest BCUT2D eigenvalue weighted by molar-refractivity contribution is 7.86. The summed E-state index contributed by atoms with van der Waals surface area (Å²) in [6.07, 6.45) is 0.807. The molecule has 0 N–H and O–H groups in total. The average molecular weight is 180 g/mol. The van der Waals surface area contributed by atoms with E-state index in [1.165, 1.54) is 0 Å². The average Bonchev–Trinajstić information content (AvgIpc) is 1.82. The van der Waals surface area contributed by atoms with Gasteiger partial charge in [-0.1, -0.05) is 0 Å². The van der Waals surface area contributed by atoms with Gasteiger partial charge in [0, 0.05) is 0 Å². The SMILES string of the molecule is C=C(OS(C)(=O)=O)C(=O)OC. The summed E-state index contributed by atoms with van der Waals surface area (Å²) < 4.78 is 29.0. The number of carbonyl (C=O) groups excluding carboxylic acids is 1. The van der Waals surface area contributed by atoms with Gasteiger partial charge in [-0.05, 0) is 6.58 Å². The quantitative estimate of drug-likeness (QED) is 0.257. The van der Waals surface area contributed by atoms with Crippen molar-refractivity contribution in [3.63, 3.8) is 0 Å². The lowest BCUT2D eigenvalue weighted by atomic mass is 10.6. The summed E-state index contributed by atoms with van der Waals surface area (Å²) in [5, 5.41) is 0. The molecule has 0 rings (SSSR count). The Hall–Kier alpha value is -1.04. The second-order valence-electron chi connectivity index (χ2n) is 1.70. The summed E-state index contributed by atoms with van der Waals surface area (Å²) in [5.74, 6) is -1.45. The first kappa shape index (κ1) is 9.96. The van der Waals surface area contributed by atoms with E-state index < -0.39 is 21.8 Å². The number of rotatable bonds is 3. The first-order chi connectivity index (χ1) is 4.87. The summed E-state index contributed by atoms with van der Waals surface area (Å²) in [7, 11) is -2.58. The van der Waals surface area contributed by atoms with Crippen molar-refractivity contribution in [1.29, 1.82) is 0 Å². The van der Waals surface area contributed by atoms with Crippen LogP contribution in [0, 0.1) is 0 Å². The van der Waals surface area contributed by atoms with Gasteiger partial charge in [0.05, 0.1) is 13.4 Å². The van der Waals surface area contributed by atoms with E-state index in [0.29, 0.717) is 0 Å². The molecular weight excluding hydrogens is 172 g/mol. The zero-order valence-electron chi connectivity index (χ0n) is 6.16. The molecule has 0 atom stereocenters. The lowest BCUT2D eigenvalue weighted by Crippen LogP contribution is -2.11. The normalized spacial score (nSPS) is 10.4. The number of ether oxygens (including phenoxy) is 1. The molecule has 0 radical (unpaired) electrons. The molecule has 0 unspecified atom stereocenters. The standard InChI is InChI=1S/C5H8O5S/c1-4(5(6)9-2)10-11(3,7)8/h1H2,2-3H3. The van der Waals surface area contributed by atoms with Gasteiger partial charge in [0.25, 0.3) is 0 Å². The van der Waals surface area contributed by atoms with Crippen LogP contribution in [0.5, 0.6) is 0 Å². The molecule has 0 saturated heterocycles. The van der Waals surface area contributed by atoms with E-state index in [0.717, 1.165) is 13.4 Å². The molecule has 0 aliphatic heterocycles. The third-order valence-corrected chi connectivity index (χ3v) is 1.17. The first-order valence-electron chi connectivity index (χ1n) is 2.53. The van der Waals surface area contributed by atoms with Crippen molar-refractivity contribution in [2.45, 2.75) is 0 Å². The molecular formula is C5H8O5S. The van der Waals surface area contributed by atoms with Gasteiger partial charge in [-0.3, -0.25) is 0 Å². The Kier molecular flexibility index (Phi) is 3.06. The van der Waals surface area contributed by atoms with Crippen LogP contribution in [0.1, 0.15) is 0 Å². The van der Waals surface area contributed by atoms with E-state index in [1.807, 2.05) is 0 Å². The predicted octanol–water partition coefficient (Wildman–Crippen LogP) is -0.351. The molecule has 64 valence electrons. The van der Waals surface area contributed by atoms with Crippen molar-refractivity contribution in [3.8, 4) is 0 Å². The van der Waals surface area contributed by atoms with Crippen LogP contribution in [0.4, 0.5) is 0 Å². The Labute approximate surface area is 64.7 Å². The summed E-state index contributed by atoms with van der Waals surface area (Å²) in [4.78, 5) is 10.5. The monoisotopic (exact) mass is 180 g/mol. The molecule has 0 amide bonds. The fourth-order valence-electron chi connectivity index (χ4n) is 0.331. The lowest BCUT2D eigenvalue weighted by molar-refractivity contribution is -0.138. The van der Waals surface area contributed by atoms with E-state index in [-0.39, 0.29) is 0 Å². The maximum Gasteiger partial charge on any atom is 0.374 e. The van der Waals surface area contributed by atoms with E-state index >= 15 is 0 Å². The molecule has 0 bridgehead atoms. The molecule has 5 nitrogen and oxygen atoms in total. The largest absolute Gasteiger partial charge is 0.463 e. The summed E-state index contributed by atoms with van der Waals surface area (Å²) in [6, 6.07) is 0. The smallest absolute Gasteiger partial charge is 0.374 e. The van der Waals surface area contributed by atoms with Crippen molar-refractivity contribution >= 4 is 16.1 Å². The van der Waals surface area contributed by atoms with Crippen molar-refractivity contribution in [3.05, 3.63) is 12.3 Å². The van der Waals surface area contributed by atoms with Gasteiger partial charge in [-0.2, -0.15) is 8.42 Å². The van der Waals surface area contributed by atoms with Crippen LogP contribution in [-0.4, -0.2) is 27.8 Å². The Morgan fingerprint density at radius 2 is 1.91 bits per heavy atom. The van der Waals surface area contributed by atoms with Gasteiger partial charge in [0.15, 0.2) is 0 Å². The van der Waals surface area contributed by atoms with Gasteiger partial charge in [-0.25, -0.2) is 4.79 Å². The van der Waals surface area contributed by atoms with E-state index in [2.05, 4.69) is 15.5 Å². The number of methoxy groups -OCH3 is 1. The second kappa shape index (κ2) is 3.38. The zero-order valence-corrected chi connectivity index (χ0v) is 6.97. The van der Waals surface area contributed by atoms with E-state index in [1.54, 1.807) is 0 Å². The van der Waals surface area contributed by atoms with E-state index in [9.17, 15) is 13.2 Å². The molecule has 0 aliphatic carbocycles. The fourth-order valence-corrected chi connectivity index (χ4v) is 0.764. The molecule has 0 fully saturated rings. The lowest BCUT2D eigenvalue weighted by Gasteiger charge is -2.02. The first-order valence-corrected chi connectivity index (χ1v) is 4.35. The molecule has 0 heterocycles. The summed E-state index contributed by atoms with van der Waals surface area (Å²) in [6.45, 7) is 3.03. The molecule has 0 aromatic rings. The van der Waals surface area contributed by atoms with Gasteiger partial charge >= 0.3 is 16.1 Å². The van der Waals surface area contributed by atoms with Gasteiger partial charge in [0.2, 0.25) is 5.76 Å². The van der Waals surface area contributed by atoms with Crippen LogP contribution in [-0.2, 0) is 23.8 Å². The van der Waals surface area contributed by atoms with Crippen molar-refractivity contribution in [2.75, 3.05) is 13.4 Å². The molecule has 0 aliphatic rings. The van der Waals surface area contributed by atoms with Crippen LogP contribution in [0.15, 0.2) is 12.3 Å². The van der Waals surface area contributed by atoms with Crippen molar-refractivity contribution < 1.29 is 22.1 Å². The highest BCUT2D eigenvalue weighted by Gasteiger charge is 2.13. The Balaban J connectivity index is 4.22. The molecule has 6 heteroatoms. The van der Waals surface area contributed by atoms with Crippen molar-refractivity contribution in [1.82, 2.24) is 0 Å². The highest BCUT2D eigenvalue weighted by atomic mass is 32.2. The number of hydrogen-bond acceptors (Lipinski definition) is 5. The van der Waals surface area contributed by atoms with Crippen molar-refractivity contribution in [2.24, 2.45) is 0 Å². The molecule has 0 saturated carbocycles. The maximum atomic E-state index is 10.5. The van der Waals surface area contributed by atoms with Crippen LogP contribution in [0.2, 0.25) is 0 Å². The predicted molar refractivity (Wildman–Crippen MR) is 37.1 cm³/mol. The number of carbonyl (C=O) groups is 1. The highest BCUT2D eigenvalue weighted by Crippen LogP contribution is 2.00. The topological polar surface area (TPSA) is 69.7 Å². The number of esters is 1. The minimum atomic E-state index is -3.68. The maximum absolute atomic E-state index is 10.5. The van der Waals surface area contributed by atoms with Crippen LogP contribution < -0.4 is 0 Å². The summed E-state index contributed by atoms with van der Waals surface area (Å²) in [5.41, 5.74) is 0. The summed E-state index contributed by atoms with van der Waals surface area (Å²) >= 11 is 0. The Morgan fingerprint density at radius 3 is 2.18 bits per heavy atom. The molecule has 11 heavy (non-hydrogen) atoms.